The minimum absolute atomic E-state index is 0.0572. The lowest BCUT2D eigenvalue weighted by Gasteiger charge is -2.03. The van der Waals surface area contributed by atoms with Crippen LogP contribution >= 0.6 is 0 Å². The van der Waals surface area contributed by atoms with E-state index in [0.29, 0.717) is 26.0 Å². The van der Waals surface area contributed by atoms with Crippen LogP contribution in [0.3, 0.4) is 0 Å². The van der Waals surface area contributed by atoms with Gasteiger partial charge in [-0.15, -0.1) is 0 Å². The predicted molar refractivity (Wildman–Crippen MR) is 63.7 cm³/mol. The molecule has 0 bridgehead atoms. The Morgan fingerprint density at radius 1 is 1.29 bits per heavy atom. The van der Waals surface area contributed by atoms with E-state index in [2.05, 4.69) is 16.0 Å². The van der Waals surface area contributed by atoms with E-state index in [1.165, 1.54) is 6.20 Å². The van der Waals surface area contributed by atoms with E-state index >= 15 is 0 Å². The number of nitrogens with one attached hydrogen (secondary N) is 3. The molecule has 94 valence electrons. The molecule has 0 fully saturated rings. The highest BCUT2D eigenvalue weighted by Crippen LogP contribution is 1.90. The lowest BCUT2D eigenvalue weighted by atomic mass is 10.3. The van der Waals surface area contributed by atoms with Crippen molar-refractivity contribution in [2.45, 2.75) is 19.8 Å². The molecule has 0 heterocycles. The van der Waals surface area contributed by atoms with E-state index in [9.17, 15) is 9.59 Å². The van der Waals surface area contributed by atoms with E-state index in [1.54, 1.807) is 0 Å². The van der Waals surface area contributed by atoms with Gasteiger partial charge < -0.3 is 16.0 Å². The molecule has 0 unspecified atom stereocenters. The number of hydrogen-bond donors (Lipinski definition) is 3. The van der Waals surface area contributed by atoms with Crippen molar-refractivity contribution in [2.75, 3.05) is 19.6 Å². The highest BCUT2D eigenvalue weighted by atomic mass is 16.1. The lowest BCUT2D eigenvalue weighted by Crippen LogP contribution is -2.26. The third kappa shape index (κ3) is 7.85. The number of rotatable bonds is 9. The van der Waals surface area contributed by atoms with Crippen molar-refractivity contribution in [3.8, 4) is 6.07 Å². The zero-order chi connectivity index (χ0) is 12.9. The molecule has 0 aromatic carbocycles. The van der Waals surface area contributed by atoms with Gasteiger partial charge in [-0.2, -0.15) is 5.26 Å². The van der Waals surface area contributed by atoms with Gasteiger partial charge in [0.05, 0.1) is 0 Å². The molecule has 0 saturated carbocycles. The maximum atomic E-state index is 11.4. The summed E-state index contributed by atoms with van der Waals surface area (Å²) in [6.07, 6.45) is 3.58. The Morgan fingerprint density at radius 3 is 2.59 bits per heavy atom. The maximum Gasteiger partial charge on any atom is 0.263 e. The molecule has 17 heavy (non-hydrogen) atoms. The zero-order valence-corrected chi connectivity index (χ0v) is 9.95. The van der Waals surface area contributed by atoms with Crippen molar-refractivity contribution in [3.05, 3.63) is 11.8 Å². The fourth-order valence-corrected chi connectivity index (χ4v) is 1.01. The summed E-state index contributed by atoms with van der Waals surface area (Å²) < 4.78 is 0. The van der Waals surface area contributed by atoms with Crippen LogP contribution in [-0.2, 0) is 9.59 Å². The number of nitriles is 1. The number of carbonyl (C=O) groups excluding carboxylic acids is 2. The smallest absolute Gasteiger partial charge is 0.263 e. The first kappa shape index (κ1) is 15.0. The topological polar surface area (TPSA) is 94.0 Å². The van der Waals surface area contributed by atoms with Gasteiger partial charge in [0.1, 0.15) is 11.6 Å². The van der Waals surface area contributed by atoms with Gasteiger partial charge in [-0.1, -0.05) is 6.92 Å². The first-order chi connectivity index (χ1) is 8.26. The summed E-state index contributed by atoms with van der Waals surface area (Å²) in [5.41, 5.74) is 0.0572. The van der Waals surface area contributed by atoms with Crippen LogP contribution in [0.5, 0.6) is 0 Å². The number of carbonyl (C=O) groups is 2. The molecular weight excluding hydrogens is 220 g/mol. The summed E-state index contributed by atoms with van der Waals surface area (Å²) >= 11 is 0. The van der Waals surface area contributed by atoms with Gasteiger partial charge in [0.2, 0.25) is 6.41 Å². The average molecular weight is 238 g/mol. The summed E-state index contributed by atoms with van der Waals surface area (Å²) in [7, 11) is 0. The predicted octanol–water partition coefficient (Wildman–Crippen LogP) is -0.354. The second kappa shape index (κ2) is 10.5. The van der Waals surface area contributed by atoms with Crippen molar-refractivity contribution in [1.29, 1.82) is 5.26 Å². The van der Waals surface area contributed by atoms with Gasteiger partial charge in [-0.25, -0.2) is 0 Å². The van der Waals surface area contributed by atoms with E-state index in [4.69, 9.17) is 5.26 Å². The standard InChI is InChI=1S/C11H18N4O2/c1-2-4-15-11(17)10(7-12)8-13-5-3-6-14-9-16/h8-9,13H,2-6H2,1H3,(H,14,16)(H,15,17)/b10-8-. The van der Waals surface area contributed by atoms with Crippen molar-refractivity contribution >= 4 is 12.3 Å². The van der Waals surface area contributed by atoms with Gasteiger partial charge in [-0.05, 0) is 12.8 Å². The highest BCUT2D eigenvalue weighted by Gasteiger charge is 2.06. The SMILES string of the molecule is CCCNC(=O)/C(C#N)=C\NCCCNC=O. The molecule has 0 rings (SSSR count). The third-order valence-electron chi connectivity index (χ3n) is 1.87. The van der Waals surface area contributed by atoms with Crippen LogP contribution in [0.2, 0.25) is 0 Å². The summed E-state index contributed by atoms with van der Waals surface area (Å²) in [4.78, 5) is 21.3. The normalized spacial score (nSPS) is 10.2. The van der Waals surface area contributed by atoms with Crippen LogP contribution in [0.25, 0.3) is 0 Å². The van der Waals surface area contributed by atoms with Crippen LogP contribution in [0.15, 0.2) is 11.8 Å². The fourth-order valence-electron chi connectivity index (χ4n) is 1.01. The van der Waals surface area contributed by atoms with Crippen molar-refractivity contribution in [3.63, 3.8) is 0 Å². The Hall–Kier alpha value is -2.03. The minimum Gasteiger partial charge on any atom is -0.390 e. The van der Waals surface area contributed by atoms with E-state index in [1.807, 2.05) is 13.0 Å². The number of nitrogens with zero attached hydrogens (tertiary/aromatic N) is 1. The van der Waals surface area contributed by atoms with Crippen LogP contribution < -0.4 is 16.0 Å². The Bertz CT molecular complexity index is 307. The Morgan fingerprint density at radius 2 is 2.00 bits per heavy atom. The number of hydrogen-bond acceptors (Lipinski definition) is 4. The minimum atomic E-state index is -0.368. The molecule has 0 aliphatic rings. The van der Waals surface area contributed by atoms with Crippen LogP contribution in [-0.4, -0.2) is 32.0 Å². The van der Waals surface area contributed by atoms with Crippen molar-refractivity contribution in [2.24, 2.45) is 0 Å². The van der Waals surface area contributed by atoms with Crippen LogP contribution in [0.4, 0.5) is 0 Å². The Balaban J connectivity index is 3.88. The quantitative estimate of drug-likeness (QED) is 0.221. The molecule has 3 N–H and O–H groups in total. The first-order valence-corrected chi connectivity index (χ1v) is 5.55. The van der Waals surface area contributed by atoms with Gasteiger partial charge in [0.25, 0.3) is 5.91 Å². The average Bonchev–Trinajstić information content (AvgIpc) is 2.35. The second-order valence-electron chi connectivity index (χ2n) is 3.31. The Kier molecular flexibility index (Phi) is 9.23. The molecule has 0 saturated heterocycles. The van der Waals surface area contributed by atoms with Crippen molar-refractivity contribution < 1.29 is 9.59 Å². The van der Waals surface area contributed by atoms with Gasteiger partial charge >= 0.3 is 0 Å². The first-order valence-electron chi connectivity index (χ1n) is 5.55. The molecule has 0 aromatic heterocycles. The van der Waals surface area contributed by atoms with Crippen molar-refractivity contribution in [1.82, 2.24) is 16.0 Å². The molecule has 0 aliphatic heterocycles. The molecule has 6 heteroatoms. The van der Waals surface area contributed by atoms with Gasteiger partial charge in [0.15, 0.2) is 0 Å². The monoisotopic (exact) mass is 238 g/mol. The van der Waals surface area contributed by atoms with E-state index < -0.39 is 0 Å². The van der Waals surface area contributed by atoms with Gasteiger partial charge in [0, 0.05) is 25.8 Å². The molecule has 0 aromatic rings. The molecule has 6 nitrogen and oxygen atoms in total. The highest BCUT2D eigenvalue weighted by molar-refractivity contribution is 5.97. The number of amides is 2. The zero-order valence-electron chi connectivity index (χ0n) is 9.95. The van der Waals surface area contributed by atoms with E-state index in [0.717, 1.165) is 12.8 Å². The van der Waals surface area contributed by atoms with E-state index in [-0.39, 0.29) is 11.5 Å². The molecular formula is C11H18N4O2. The van der Waals surface area contributed by atoms with Gasteiger partial charge in [-0.3, -0.25) is 9.59 Å². The fraction of sp³-hybridized carbons (Fsp3) is 0.545. The lowest BCUT2D eigenvalue weighted by molar-refractivity contribution is -0.117. The van der Waals surface area contributed by atoms with Crippen LogP contribution in [0.1, 0.15) is 19.8 Å². The maximum absolute atomic E-state index is 11.4. The summed E-state index contributed by atoms with van der Waals surface area (Å²) in [6.45, 7) is 3.65. The molecule has 0 radical (unpaired) electrons. The Labute approximate surface area is 101 Å². The summed E-state index contributed by atoms with van der Waals surface area (Å²) in [5.74, 6) is -0.368. The summed E-state index contributed by atoms with van der Waals surface area (Å²) in [5, 5.41) is 16.7. The largest absolute Gasteiger partial charge is 0.390 e. The summed E-state index contributed by atoms with van der Waals surface area (Å²) in [6, 6.07) is 1.83. The second-order valence-corrected chi connectivity index (χ2v) is 3.31. The molecule has 0 atom stereocenters. The third-order valence-corrected chi connectivity index (χ3v) is 1.87. The molecule has 0 spiro atoms. The van der Waals surface area contributed by atoms with Crippen LogP contribution in [0, 0.1) is 11.3 Å². The molecule has 2 amide bonds. The molecule has 0 aliphatic carbocycles.